The van der Waals surface area contributed by atoms with Crippen molar-refractivity contribution in [2.45, 2.75) is 32.2 Å². The zero-order chi connectivity index (χ0) is 12.6. The van der Waals surface area contributed by atoms with Crippen molar-refractivity contribution >= 4 is 11.9 Å². The van der Waals surface area contributed by atoms with Gasteiger partial charge in [0, 0.05) is 13.6 Å². The minimum Gasteiger partial charge on any atom is -0.317 e. The average Bonchev–Trinajstić information content (AvgIpc) is 2.47. The normalized spacial score (nSPS) is 24.2. The third-order valence-corrected chi connectivity index (χ3v) is 3.72. The number of urea groups is 1. The molecule has 5 heteroatoms. The molecule has 3 amide bonds. The van der Waals surface area contributed by atoms with Crippen LogP contribution >= 0.6 is 0 Å². The molecule has 2 rings (SSSR count). The maximum absolute atomic E-state index is 12.3. The smallest absolute Gasteiger partial charge is 0.317 e. The number of hydrogen-bond acceptors (Lipinski definition) is 3. The number of nitrogens with one attached hydrogen (secondary N) is 1. The van der Waals surface area contributed by atoms with Crippen LogP contribution in [-0.2, 0) is 4.79 Å². The number of piperidine rings is 1. The summed E-state index contributed by atoms with van der Waals surface area (Å²) in [7, 11) is 1.59. The zero-order valence-electron chi connectivity index (χ0n) is 10.8. The van der Waals surface area contributed by atoms with E-state index in [1.807, 2.05) is 0 Å². The second-order valence-corrected chi connectivity index (χ2v) is 5.43. The van der Waals surface area contributed by atoms with Gasteiger partial charge >= 0.3 is 6.03 Å². The monoisotopic (exact) mass is 239 g/mol. The van der Waals surface area contributed by atoms with Gasteiger partial charge in [-0.25, -0.2) is 4.79 Å². The first-order valence-electron chi connectivity index (χ1n) is 6.29. The van der Waals surface area contributed by atoms with E-state index in [4.69, 9.17) is 0 Å². The molecule has 2 fully saturated rings. The van der Waals surface area contributed by atoms with Crippen molar-refractivity contribution in [3.05, 3.63) is 0 Å². The predicted molar refractivity (Wildman–Crippen MR) is 64.5 cm³/mol. The molecule has 2 aliphatic rings. The molecule has 2 saturated heterocycles. The van der Waals surface area contributed by atoms with E-state index in [1.165, 1.54) is 4.90 Å². The summed E-state index contributed by atoms with van der Waals surface area (Å²) in [5, 5.41) is 3.25. The molecule has 0 aliphatic carbocycles. The molecule has 0 aromatic heterocycles. The maximum atomic E-state index is 12.3. The van der Waals surface area contributed by atoms with Crippen LogP contribution < -0.4 is 5.32 Å². The molecule has 2 aliphatic heterocycles. The number of hydrogen-bond donors (Lipinski definition) is 1. The van der Waals surface area contributed by atoms with Crippen molar-refractivity contribution < 1.29 is 9.59 Å². The van der Waals surface area contributed by atoms with Crippen molar-refractivity contribution in [1.29, 1.82) is 0 Å². The van der Waals surface area contributed by atoms with Gasteiger partial charge in [-0.15, -0.1) is 0 Å². The van der Waals surface area contributed by atoms with E-state index in [0.717, 1.165) is 25.9 Å². The molecule has 5 nitrogen and oxygen atoms in total. The van der Waals surface area contributed by atoms with Crippen molar-refractivity contribution in [1.82, 2.24) is 15.1 Å². The van der Waals surface area contributed by atoms with Gasteiger partial charge < -0.3 is 10.2 Å². The van der Waals surface area contributed by atoms with E-state index in [9.17, 15) is 9.59 Å². The van der Waals surface area contributed by atoms with Gasteiger partial charge in [0.25, 0.3) is 5.91 Å². The Hall–Kier alpha value is -1.10. The fraction of sp³-hybridized carbons (Fsp3) is 0.833. The summed E-state index contributed by atoms with van der Waals surface area (Å²) in [6, 6.07) is -0.134. The van der Waals surface area contributed by atoms with Crippen LogP contribution in [0.25, 0.3) is 0 Å². The van der Waals surface area contributed by atoms with E-state index < -0.39 is 5.54 Å². The summed E-state index contributed by atoms with van der Waals surface area (Å²) in [4.78, 5) is 27.5. The molecule has 0 radical (unpaired) electrons. The Bertz CT molecular complexity index is 335. The van der Waals surface area contributed by atoms with E-state index in [1.54, 1.807) is 11.9 Å². The number of imide groups is 1. The second kappa shape index (κ2) is 4.29. The van der Waals surface area contributed by atoms with E-state index in [0.29, 0.717) is 12.5 Å². The lowest BCUT2D eigenvalue weighted by Gasteiger charge is -2.39. The Morgan fingerprint density at radius 3 is 2.41 bits per heavy atom. The molecular weight excluding hydrogens is 218 g/mol. The SMILES string of the molecule is CC(C)CN1C(=O)N(C)C(=O)C12CCNCC2. The lowest BCUT2D eigenvalue weighted by Crippen LogP contribution is -2.56. The molecule has 0 saturated carbocycles. The minimum atomic E-state index is -0.568. The summed E-state index contributed by atoms with van der Waals surface area (Å²) < 4.78 is 0. The Kier molecular flexibility index (Phi) is 3.12. The van der Waals surface area contributed by atoms with Crippen LogP contribution in [0.2, 0.25) is 0 Å². The zero-order valence-corrected chi connectivity index (χ0v) is 10.8. The highest BCUT2D eigenvalue weighted by molar-refractivity contribution is 6.06. The molecular formula is C12H21N3O2. The van der Waals surface area contributed by atoms with Crippen molar-refractivity contribution in [3.63, 3.8) is 0 Å². The van der Waals surface area contributed by atoms with E-state index in [2.05, 4.69) is 19.2 Å². The number of carbonyl (C=O) groups is 2. The molecule has 17 heavy (non-hydrogen) atoms. The van der Waals surface area contributed by atoms with E-state index in [-0.39, 0.29) is 11.9 Å². The van der Waals surface area contributed by atoms with E-state index >= 15 is 0 Å². The standard InChI is InChI=1S/C12H21N3O2/c1-9(2)8-15-11(17)14(3)10(16)12(15)4-6-13-7-5-12/h9,13H,4-8H2,1-3H3. The first kappa shape index (κ1) is 12.4. The van der Waals surface area contributed by atoms with Gasteiger partial charge in [-0.05, 0) is 31.8 Å². The Labute approximate surface area is 102 Å². The molecule has 1 spiro atoms. The molecule has 1 N–H and O–H groups in total. The molecule has 0 aromatic rings. The summed E-state index contributed by atoms with van der Waals surface area (Å²) in [5.74, 6) is 0.356. The van der Waals surface area contributed by atoms with Crippen LogP contribution in [-0.4, -0.2) is 54.0 Å². The highest BCUT2D eigenvalue weighted by atomic mass is 16.2. The lowest BCUT2D eigenvalue weighted by atomic mass is 9.86. The van der Waals surface area contributed by atoms with Crippen molar-refractivity contribution in [2.24, 2.45) is 5.92 Å². The molecule has 0 aromatic carbocycles. The van der Waals surface area contributed by atoms with Crippen LogP contribution in [0.1, 0.15) is 26.7 Å². The molecule has 96 valence electrons. The summed E-state index contributed by atoms with van der Waals surface area (Å²) in [5.41, 5.74) is -0.568. The molecule has 2 heterocycles. The highest BCUT2D eigenvalue weighted by Gasteiger charge is 2.55. The van der Waals surface area contributed by atoms with Crippen LogP contribution in [0.4, 0.5) is 4.79 Å². The number of nitrogens with zero attached hydrogens (tertiary/aromatic N) is 2. The predicted octanol–water partition coefficient (Wildman–Crippen LogP) is 0.659. The van der Waals surface area contributed by atoms with Gasteiger partial charge in [0.1, 0.15) is 5.54 Å². The van der Waals surface area contributed by atoms with Gasteiger partial charge in [-0.2, -0.15) is 0 Å². The number of likely N-dealkylation sites (N-methyl/N-ethyl adjacent to an activating group) is 1. The Morgan fingerprint density at radius 2 is 1.88 bits per heavy atom. The molecule has 0 bridgehead atoms. The van der Waals surface area contributed by atoms with Crippen LogP contribution in [0.3, 0.4) is 0 Å². The number of rotatable bonds is 2. The third-order valence-electron chi connectivity index (χ3n) is 3.72. The van der Waals surface area contributed by atoms with Crippen LogP contribution in [0.5, 0.6) is 0 Å². The maximum Gasteiger partial charge on any atom is 0.327 e. The third kappa shape index (κ3) is 1.82. The van der Waals surface area contributed by atoms with Crippen LogP contribution in [0.15, 0.2) is 0 Å². The van der Waals surface area contributed by atoms with Gasteiger partial charge in [0.2, 0.25) is 0 Å². The largest absolute Gasteiger partial charge is 0.327 e. The highest BCUT2D eigenvalue weighted by Crippen LogP contribution is 2.35. The Balaban J connectivity index is 2.31. The Morgan fingerprint density at radius 1 is 1.29 bits per heavy atom. The second-order valence-electron chi connectivity index (χ2n) is 5.43. The summed E-state index contributed by atoms with van der Waals surface area (Å²) in [6.07, 6.45) is 1.46. The number of amides is 3. The van der Waals surface area contributed by atoms with Crippen molar-refractivity contribution in [3.8, 4) is 0 Å². The van der Waals surface area contributed by atoms with Gasteiger partial charge in [-0.3, -0.25) is 9.69 Å². The van der Waals surface area contributed by atoms with Gasteiger partial charge in [-0.1, -0.05) is 13.8 Å². The topological polar surface area (TPSA) is 52.7 Å². The van der Waals surface area contributed by atoms with Gasteiger partial charge in [0.15, 0.2) is 0 Å². The quantitative estimate of drug-likeness (QED) is 0.720. The first-order chi connectivity index (χ1) is 7.99. The fourth-order valence-electron chi connectivity index (χ4n) is 2.82. The lowest BCUT2D eigenvalue weighted by molar-refractivity contribution is -0.133. The average molecular weight is 239 g/mol. The molecule has 0 unspecified atom stereocenters. The molecule has 0 atom stereocenters. The summed E-state index contributed by atoms with van der Waals surface area (Å²) >= 11 is 0. The summed E-state index contributed by atoms with van der Waals surface area (Å²) in [6.45, 7) is 6.42. The number of carbonyl (C=O) groups excluding carboxylic acids is 2. The van der Waals surface area contributed by atoms with Gasteiger partial charge in [0.05, 0.1) is 0 Å². The minimum absolute atomic E-state index is 0.0235. The first-order valence-corrected chi connectivity index (χ1v) is 6.29. The van der Waals surface area contributed by atoms with Crippen molar-refractivity contribution in [2.75, 3.05) is 26.7 Å². The fourth-order valence-corrected chi connectivity index (χ4v) is 2.82. The van der Waals surface area contributed by atoms with Crippen LogP contribution in [0, 0.1) is 5.92 Å².